The van der Waals surface area contributed by atoms with Crippen LogP contribution < -0.4 is 4.74 Å². The van der Waals surface area contributed by atoms with Crippen molar-refractivity contribution in [1.29, 1.82) is 0 Å². The van der Waals surface area contributed by atoms with Gasteiger partial charge < -0.3 is 19.4 Å². The van der Waals surface area contributed by atoms with E-state index in [1.54, 1.807) is 18.3 Å². The van der Waals surface area contributed by atoms with E-state index in [0.29, 0.717) is 12.2 Å². The van der Waals surface area contributed by atoms with Crippen molar-refractivity contribution in [3.8, 4) is 5.75 Å². The van der Waals surface area contributed by atoms with Gasteiger partial charge >= 0.3 is 5.97 Å². The summed E-state index contributed by atoms with van der Waals surface area (Å²) < 4.78 is 11.0. The van der Waals surface area contributed by atoms with E-state index in [0.717, 1.165) is 47.6 Å². The number of likely N-dealkylation sites (tertiary alicyclic amines) is 1. The Kier molecular flexibility index (Phi) is 8.89. The largest absolute Gasteiger partial charge is 0.503 e. The molecule has 0 spiro atoms. The molecule has 7 nitrogen and oxygen atoms in total. The Balaban J connectivity index is 1.63. The summed E-state index contributed by atoms with van der Waals surface area (Å²) in [5.41, 5.74) is 4.36. The Morgan fingerprint density at radius 1 is 1.15 bits per heavy atom. The van der Waals surface area contributed by atoms with Crippen LogP contribution in [-0.2, 0) is 21.0 Å². The van der Waals surface area contributed by atoms with E-state index < -0.39 is 5.97 Å². The Morgan fingerprint density at radius 2 is 1.91 bits per heavy atom. The van der Waals surface area contributed by atoms with Crippen molar-refractivity contribution in [2.24, 2.45) is 5.16 Å². The summed E-state index contributed by atoms with van der Waals surface area (Å²) in [6, 6.07) is 11.2. The first-order valence-electron chi connectivity index (χ1n) is 11.2. The van der Waals surface area contributed by atoms with Crippen LogP contribution in [0.2, 0.25) is 0 Å². The third kappa shape index (κ3) is 6.83. The number of methoxy groups -OCH3 is 1. The molecule has 0 saturated carbocycles. The van der Waals surface area contributed by atoms with Gasteiger partial charge in [0.15, 0.2) is 0 Å². The number of carboxylic acid groups (broad SMARTS) is 1. The molecule has 2 aromatic carbocycles. The number of carboxylic acids is 1. The molecule has 1 aliphatic heterocycles. The van der Waals surface area contributed by atoms with Crippen LogP contribution in [0, 0.1) is 13.8 Å². The molecule has 7 heteroatoms. The van der Waals surface area contributed by atoms with Gasteiger partial charge in [0.1, 0.15) is 24.5 Å². The van der Waals surface area contributed by atoms with Crippen LogP contribution in [0.4, 0.5) is 0 Å². The Bertz CT molecular complexity index is 1010. The van der Waals surface area contributed by atoms with Crippen molar-refractivity contribution in [3.05, 3.63) is 70.5 Å². The van der Waals surface area contributed by atoms with Gasteiger partial charge in [-0.15, -0.1) is 0 Å². The maximum atomic E-state index is 11.6. The SMILES string of the molecule is COC=C(C(=O)O)c1ccccc1COc1cc(C)c(C=NOCCN2CCCC2)cc1C. The molecule has 1 heterocycles. The number of rotatable bonds is 11. The second-order valence-electron chi connectivity index (χ2n) is 8.11. The first kappa shape index (κ1) is 24.3. The molecule has 0 amide bonds. The molecule has 176 valence electrons. The monoisotopic (exact) mass is 452 g/mol. The molecule has 1 aliphatic rings. The van der Waals surface area contributed by atoms with Gasteiger partial charge in [-0.2, -0.15) is 0 Å². The molecule has 2 aromatic rings. The zero-order chi connectivity index (χ0) is 23.6. The highest BCUT2D eigenvalue weighted by Crippen LogP contribution is 2.26. The van der Waals surface area contributed by atoms with Crippen LogP contribution in [0.5, 0.6) is 5.75 Å². The van der Waals surface area contributed by atoms with Crippen LogP contribution in [-0.4, -0.2) is 55.5 Å². The first-order valence-corrected chi connectivity index (χ1v) is 11.2. The van der Waals surface area contributed by atoms with Crippen molar-refractivity contribution in [2.75, 3.05) is 33.4 Å². The lowest BCUT2D eigenvalue weighted by Gasteiger charge is -2.14. The van der Waals surface area contributed by atoms with Crippen molar-refractivity contribution < 1.29 is 24.2 Å². The Hall–Kier alpha value is -3.32. The average molecular weight is 453 g/mol. The number of carbonyl (C=O) groups is 1. The van der Waals surface area contributed by atoms with Crippen LogP contribution in [0.15, 0.2) is 47.8 Å². The summed E-state index contributed by atoms with van der Waals surface area (Å²) in [5.74, 6) is -0.315. The maximum absolute atomic E-state index is 11.6. The molecular formula is C26H32N2O5. The number of aryl methyl sites for hydroxylation is 2. The van der Waals surface area contributed by atoms with E-state index in [1.165, 1.54) is 26.2 Å². The second kappa shape index (κ2) is 12.1. The Morgan fingerprint density at radius 3 is 2.64 bits per heavy atom. The molecule has 1 saturated heterocycles. The third-order valence-corrected chi connectivity index (χ3v) is 5.68. The fourth-order valence-corrected chi connectivity index (χ4v) is 3.84. The van der Waals surface area contributed by atoms with Gasteiger partial charge in [0.2, 0.25) is 0 Å². The summed E-state index contributed by atoms with van der Waals surface area (Å²) in [6.07, 6.45) is 5.51. The van der Waals surface area contributed by atoms with Crippen LogP contribution >= 0.6 is 0 Å². The Labute approximate surface area is 195 Å². The van der Waals surface area contributed by atoms with E-state index in [1.807, 2.05) is 38.1 Å². The van der Waals surface area contributed by atoms with Crippen LogP contribution in [0.3, 0.4) is 0 Å². The fourth-order valence-electron chi connectivity index (χ4n) is 3.84. The molecule has 0 aliphatic carbocycles. The predicted molar refractivity (Wildman–Crippen MR) is 129 cm³/mol. The van der Waals surface area contributed by atoms with Gasteiger partial charge in [-0.1, -0.05) is 29.4 Å². The minimum atomic E-state index is -1.05. The molecule has 0 unspecified atom stereocenters. The van der Waals surface area contributed by atoms with Gasteiger partial charge in [-0.3, -0.25) is 4.90 Å². The molecule has 0 bridgehead atoms. The normalized spacial score (nSPS) is 14.6. The molecule has 0 aromatic heterocycles. The first-order chi connectivity index (χ1) is 16.0. The highest BCUT2D eigenvalue weighted by atomic mass is 16.6. The number of oxime groups is 1. The summed E-state index contributed by atoms with van der Waals surface area (Å²) in [7, 11) is 1.43. The topological polar surface area (TPSA) is 80.6 Å². The highest BCUT2D eigenvalue weighted by molar-refractivity contribution is 6.15. The van der Waals surface area contributed by atoms with Crippen molar-refractivity contribution >= 4 is 17.8 Å². The summed E-state index contributed by atoms with van der Waals surface area (Å²) in [6.45, 7) is 8.00. The lowest BCUT2D eigenvalue weighted by molar-refractivity contribution is -0.130. The van der Waals surface area contributed by atoms with Gasteiger partial charge in [-0.25, -0.2) is 4.79 Å². The van der Waals surface area contributed by atoms with Gasteiger partial charge in [-0.05, 0) is 79.7 Å². The zero-order valence-corrected chi connectivity index (χ0v) is 19.5. The lowest BCUT2D eigenvalue weighted by atomic mass is 10.0. The summed E-state index contributed by atoms with van der Waals surface area (Å²) in [4.78, 5) is 19.5. The van der Waals surface area contributed by atoms with Crippen LogP contribution in [0.25, 0.3) is 5.57 Å². The molecule has 1 fully saturated rings. The highest BCUT2D eigenvalue weighted by Gasteiger charge is 2.16. The molecule has 3 rings (SSSR count). The van der Waals surface area contributed by atoms with Crippen LogP contribution in [0.1, 0.15) is 40.7 Å². The quantitative estimate of drug-likeness (QED) is 0.179. The van der Waals surface area contributed by atoms with Gasteiger partial charge in [0.05, 0.1) is 19.6 Å². The number of hydrogen-bond donors (Lipinski definition) is 1. The predicted octanol–water partition coefficient (Wildman–Crippen LogP) is 4.40. The van der Waals surface area contributed by atoms with Crippen molar-refractivity contribution in [3.63, 3.8) is 0 Å². The van der Waals surface area contributed by atoms with E-state index in [9.17, 15) is 9.90 Å². The number of nitrogens with zero attached hydrogens (tertiary/aromatic N) is 2. The fraction of sp³-hybridized carbons (Fsp3) is 0.385. The number of benzene rings is 2. The molecule has 0 atom stereocenters. The minimum Gasteiger partial charge on any atom is -0.503 e. The lowest BCUT2D eigenvalue weighted by Crippen LogP contribution is -2.23. The van der Waals surface area contributed by atoms with Gasteiger partial charge in [0, 0.05) is 6.54 Å². The third-order valence-electron chi connectivity index (χ3n) is 5.68. The zero-order valence-electron chi connectivity index (χ0n) is 19.5. The van der Waals surface area contributed by atoms with E-state index >= 15 is 0 Å². The smallest absolute Gasteiger partial charge is 0.339 e. The maximum Gasteiger partial charge on any atom is 0.339 e. The van der Waals surface area contributed by atoms with Gasteiger partial charge in [0.25, 0.3) is 0 Å². The van der Waals surface area contributed by atoms with E-state index in [2.05, 4.69) is 10.1 Å². The average Bonchev–Trinajstić information content (AvgIpc) is 3.32. The standard InChI is InChI=1S/C26H32N2O5/c1-19-15-25(20(2)14-22(19)16-27-33-13-12-28-10-6-7-11-28)32-17-21-8-4-5-9-23(21)24(18-31-3)26(29)30/h4-5,8-9,14-16,18H,6-7,10-13,17H2,1-3H3,(H,29,30). The van der Waals surface area contributed by atoms with E-state index in [-0.39, 0.29) is 12.2 Å². The molecular weight excluding hydrogens is 420 g/mol. The second-order valence-corrected chi connectivity index (χ2v) is 8.11. The molecule has 0 radical (unpaired) electrons. The van der Waals surface area contributed by atoms with Crippen molar-refractivity contribution in [1.82, 2.24) is 4.90 Å². The number of ether oxygens (including phenoxy) is 2. The molecule has 1 N–H and O–H groups in total. The summed E-state index contributed by atoms with van der Waals surface area (Å²) in [5, 5.41) is 13.7. The summed E-state index contributed by atoms with van der Waals surface area (Å²) >= 11 is 0. The minimum absolute atomic E-state index is 0.0842. The number of aliphatic carboxylic acids is 1. The number of hydrogen-bond acceptors (Lipinski definition) is 6. The van der Waals surface area contributed by atoms with Crippen molar-refractivity contribution in [2.45, 2.75) is 33.3 Å². The molecule has 33 heavy (non-hydrogen) atoms. The van der Waals surface area contributed by atoms with E-state index in [4.69, 9.17) is 14.3 Å².